The second-order valence-electron chi connectivity index (χ2n) is 5.86. The Bertz CT molecular complexity index is 825. The SMILES string of the molecule is N#CC1=C(N)C(C#N)(C#N)C(c2ccc(I)cc2)C=C1C1CC1. The highest BCUT2D eigenvalue weighted by atomic mass is 127. The quantitative estimate of drug-likeness (QED) is 0.752. The fourth-order valence-electron chi connectivity index (χ4n) is 3.07. The predicted octanol–water partition coefficient (Wildman–Crippen LogP) is 3.49. The zero-order valence-electron chi connectivity index (χ0n) is 12.3. The Morgan fingerprint density at radius 2 is 1.70 bits per heavy atom. The monoisotopic (exact) mass is 412 g/mol. The third kappa shape index (κ3) is 2.40. The maximum absolute atomic E-state index is 9.73. The molecule has 0 aromatic heterocycles. The van der Waals surface area contributed by atoms with E-state index in [1.165, 1.54) is 0 Å². The molecule has 5 heteroatoms. The number of halogens is 1. The van der Waals surface area contributed by atoms with Gasteiger partial charge in [-0.2, -0.15) is 15.8 Å². The number of hydrogen-bond donors (Lipinski definition) is 1. The summed E-state index contributed by atoms with van der Waals surface area (Å²) in [6, 6.07) is 14.0. The van der Waals surface area contributed by atoms with Crippen LogP contribution in [0.4, 0.5) is 0 Å². The molecule has 0 saturated heterocycles. The molecule has 0 spiro atoms. The van der Waals surface area contributed by atoms with Gasteiger partial charge in [-0.1, -0.05) is 18.2 Å². The van der Waals surface area contributed by atoms with Crippen molar-refractivity contribution in [1.82, 2.24) is 0 Å². The average molecular weight is 412 g/mol. The summed E-state index contributed by atoms with van der Waals surface area (Å²) in [6.07, 6.45) is 3.97. The lowest BCUT2D eigenvalue weighted by Gasteiger charge is -2.33. The number of rotatable bonds is 2. The van der Waals surface area contributed by atoms with Gasteiger partial charge < -0.3 is 5.73 Å². The van der Waals surface area contributed by atoms with Crippen LogP contribution in [0.25, 0.3) is 0 Å². The maximum atomic E-state index is 9.73. The molecule has 1 saturated carbocycles. The highest BCUT2D eigenvalue weighted by Gasteiger charge is 2.48. The zero-order chi connectivity index (χ0) is 16.6. The largest absolute Gasteiger partial charge is 0.399 e. The molecule has 1 unspecified atom stereocenters. The topological polar surface area (TPSA) is 97.4 Å². The van der Waals surface area contributed by atoms with Crippen molar-refractivity contribution in [2.45, 2.75) is 18.8 Å². The minimum atomic E-state index is -1.53. The van der Waals surface area contributed by atoms with Crippen LogP contribution in [-0.4, -0.2) is 0 Å². The lowest BCUT2D eigenvalue weighted by molar-refractivity contribution is 0.523. The molecule has 1 aromatic rings. The summed E-state index contributed by atoms with van der Waals surface area (Å²) in [7, 11) is 0. The number of benzene rings is 1. The van der Waals surface area contributed by atoms with Gasteiger partial charge >= 0.3 is 0 Å². The van der Waals surface area contributed by atoms with E-state index in [9.17, 15) is 15.8 Å². The van der Waals surface area contributed by atoms with Gasteiger partial charge in [0.2, 0.25) is 0 Å². The van der Waals surface area contributed by atoms with Gasteiger partial charge in [-0.3, -0.25) is 0 Å². The van der Waals surface area contributed by atoms with Gasteiger partial charge in [-0.05, 0) is 64.6 Å². The molecule has 4 nitrogen and oxygen atoms in total. The Balaban J connectivity index is 2.22. The molecule has 3 rings (SSSR count). The van der Waals surface area contributed by atoms with E-state index in [1.54, 1.807) is 0 Å². The third-order valence-corrected chi connectivity index (χ3v) is 5.23. The summed E-state index contributed by atoms with van der Waals surface area (Å²) in [5, 5.41) is 28.9. The number of nitriles is 3. The van der Waals surface area contributed by atoms with Gasteiger partial charge in [-0.15, -0.1) is 0 Å². The molecule has 0 aliphatic heterocycles. The predicted molar refractivity (Wildman–Crippen MR) is 93.2 cm³/mol. The average Bonchev–Trinajstić information content (AvgIpc) is 3.40. The van der Waals surface area contributed by atoms with Gasteiger partial charge in [0.15, 0.2) is 5.41 Å². The van der Waals surface area contributed by atoms with E-state index in [0.717, 1.165) is 27.5 Å². The van der Waals surface area contributed by atoms with Crippen molar-refractivity contribution in [2.24, 2.45) is 17.1 Å². The molecule has 0 radical (unpaired) electrons. The van der Waals surface area contributed by atoms with Crippen LogP contribution < -0.4 is 5.73 Å². The molecule has 1 fully saturated rings. The molecule has 1 aromatic carbocycles. The summed E-state index contributed by atoms with van der Waals surface area (Å²) < 4.78 is 1.08. The molecule has 0 heterocycles. The summed E-state index contributed by atoms with van der Waals surface area (Å²) in [4.78, 5) is 0. The van der Waals surface area contributed by atoms with Gasteiger partial charge in [0.25, 0.3) is 0 Å². The van der Waals surface area contributed by atoms with E-state index < -0.39 is 11.3 Å². The summed E-state index contributed by atoms with van der Waals surface area (Å²) in [5.41, 5.74) is 6.82. The number of nitrogens with two attached hydrogens (primary N) is 1. The Labute approximate surface area is 148 Å². The molecule has 112 valence electrons. The molecule has 23 heavy (non-hydrogen) atoms. The van der Waals surface area contributed by atoms with Crippen molar-refractivity contribution in [3.05, 3.63) is 56.3 Å². The normalized spacial score (nSPS) is 22.5. The third-order valence-electron chi connectivity index (χ3n) is 4.51. The molecular weight excluding hydrogens is 399 g/mol. The first-order chi connectivity index (χ1) is 11.1. The van der Waals surface area contributed by atoms with Gasteiger partial charge in [0.05, 0.1) is 23.4 Å². The van der Waals surface area contributed by atoms with Crippen LogP contribution in [0.3, 0.4) is 0 Å². The summed E-state index contributed by atoms with van der Waals surface area (Å²) in [5.74, 6) is -0.132. The fraction of sp³-hybridized carbons (Fsp3) is 0.278. The van der Waals surface area contributed by atoms with Crippen molar-refractivity contribution in [2.75, 3.05) is 0 Å². The van der Waals surface area contributed by atoms with Gasteiger partial charge in [0.1, 0.15) is 6.07 Å². The maximum Gasteiger partial charge on any atom is 0.194 e. The molecule has 2 aliphatic carbocycles. The molecule has 2 aliphatic rings. The highest BCUT2D eigenvalue weighted by Crippen LogP contribution is 2.51. The first-order valence-corrected chi connectivity index (χ1v) is 8.35. The first kappa shape index (κ1) is 15.6. The molecule has 0 bridgehead atoms. The number of hydrogen-bond acceptors (Lipinski definition) is 4. The van der Waals surface area contributed by atoms with E-state index in [0.29, 0.717) is 11.5 Å². The minimum Gasteiger partial charge on any atom is -0.399 e. The van der Waals surface area contributed by atoms with Gasteiger partial charge in [-0.25, -0.2) is 0 Å². The summed E-state index contributed by atoms with van der Waals surface area (Å²) in [6.45, 7) is 0. The van der Waals surface area contributed by atoms with Crippen molar-refractivity contribution in [1.29, 1.82) is 15.8 Å². The lowest BCUT2D eigenvalue weighted by atomic mass is 9.66. The van der Waals surface area contributed by atoms with Crippen LogP contribution in [0.5, 0.6) is 0 Å². The minimum absolute atomic E-state index is 0.0953. The van der Waals surface area contributed by atoms with E-state index in [-0.39, 0.29) is 5.70 Å². The first-order valence-electron chi connectivity index (χ1n) is 7.27. The second kappa shape index (κ2) is 5.72. The summed E-state index contributed by atoms with van der Waals surface area (Å²) >= 11 is 2.21. The zero-order valence-corrected chi connectivity index (χ0v) is 14.4. The van der Waals surface area contributed by atoms with Crippen LogP contribution in [0, 0.1) is 48.9 Å². The van der Waals surface area contributed by atoms with E-state index >= 15 is 0 Å². The van der Waals surface area contributed by atoms with Crippen molar-refractivity contribution < 1.29 is 0 Å². The number of nitrogens with zero attached hydrogens (tertiary/aromatic N) is 3. The van der Waals surface area contributed by atoms with Crippen LogP contribution in [-0.2, 0) is 0 Å². The molecule has 0 amide bonds. The smallest absolute Gasteiger partial charge is 0.194 e. The Hall–Kier alpha value is -2.30. The standard InChI is InChI=1S/C18H13IN4/c19-13-5-3-12(4-6-13)16-7-14(11-1-2-11)15(8-20)17(23)18(16,9-21)10-22/h3-7,11,16H,1-2,23H2. The van der Waals surface area contributed by atoms with Gasteiger partial charge in [0, 0.05) is 9.49 Å². The van der Waals surface area contributed by atoms with E-state index in [1.807, 2.05) is 30.3 Å². The number of allylic oxidation sites excluding steroid dienone is 4. The van der Waals surface area contributed by atoms with Crippen LogP contribution in [0.15, 0.2) is 47.2 Å². The van der Waals surface area contributed by atoms with Crippen molar-refractivity contribution >= 4 is 22.6 Å². The van der Waals surface area contributed by atoms with E-state index in [4.69, 9.17) is 5.73 Å². The second-order valence-corrected chi connectivity index (χ2v) is 7.10. The van der Waals surface area contributed by atoms with Crippen molar-refractivity contribution in [3.8, 4) is 18.2 Å². The fourth-order valence-corrected chi connectivity index (χ4v) is 3.43. The van der Waals surface area contributed by atoms with Crippen LogP contribution in [0.1, 0.15) is 24.3 Å². The van der Waals surface area contributed by atoms with Crippen LogP contribution in [0.2, 0.25) is 0 Å². The van der Waals surface area contributed by atoms with Crippen LogP contribution >= 0.6 is 22.6 Å². The Kier molecular flexibility index (Phi) is 3.88. The Morgan fingerprint density at radius 1 is 1.09 bits per heavy atom. The van der Waals surface area contributed by atoms with E-state index in [2.05, 4.69) is 40.8 Å². The van der Waals surface area contributed by atoms with Crippen molar-refractivity contribution in [3.63, 3.8) is 0 Å². The Morgan fingerprint density at radius 3 is 2.17 bits per heavy atom. The molecule has 2 N–H and O–H groups in total. The lowest BCUT2D eigenvalue weighted by Crippen LogP contribution is -2.35. The molecular formula is C18H13IN4. The highest BCUT2D eigenvalue weighted by molar-refractivity contribution is 14.1. The molecule has 1 atom stereocenters.